The molecule has 0 aromatic carbocycles. The highest BCUT2D eigenvalue weighted by Crippen LogP contribution is 2.31. The summed E-state index contributed by atoms with van der Waals surface area (Å²) in [6.45, 7) is 1.90. The topological polar surface area (TPSA) is 75.4 Å². The molecule has 8 heteroatoms. The summed E-state index contributed by atoms with van der Waals surface area (Å²) in [7, 11) is 1.84. The van der Waals surface area contributed by atoms with Crippen LogP contribution < -0.4 is 0 Å². The van der Waals surface area contributed by atoms with Gasteiger partial charge in [-0.3, -0.25) is 9.48 Å². The van der Waals surface area contributed by atoms with Crippen LogP contribution in [0, 0.1) is 6.92 Å². The van der Waals surface area contributed by atoms with E-state index in [1.165, 1.54) is 28.0 Å². The van der Waals surface area contributed by atoms with Gasteiger partial charge in [0.2, 0.25) is 0 Å². The Labute approximate surface area is 123 Å². The second-order valence-corrected chi connectivity index (χ2v) is 6.70. The number of carbonyl (C=O) groups is 2. The molecule has 0 radical (unpaired) electrons. The monoisotopic (exact) mass is 311 g/mol. The summed E-state index contributed by atoms with van der Waals surface area (Å²) >= 11 is 2.83. The number of nitrogens with zero attached hydrogens (tertiary/aromatic N) is 3. The molecule has 2 aromatic rings. The molecular weight excluding hydrogens is 298 g/mol. The molecule has 6 nitrogen and oxygen atoms in total. The molecule has 106 valence electrons. The Hall–Kier alpha value is -1.54. The van der Waals surface area contributed by atoms with Crippen molar-refractivity contribution in [3.05, 3.63) is 16.6 Å². The quantitative estimate of drug-likeness (QED) is 0.910. The fourth-order valence-corrected chi connectivity index (χ4v) is 4.52. The molecule has 0 aliphatic carbocycles. The molecule has 0 bridgehead atoms. The molecule has 20 heavy (non-hydrogen) atoms. The first-order valence-electron chi connectivity index (χ1n) is 6.03. The van der Waals surface area contributed by atoms with Crippen molar-refractivity contribution >= 4 is 45.2 Å². The summed E-state index contributed by atoms with van der Waals surface area (Å²) in [5, 5.41) is 14.4. The molecule has 1 saturated heterocycles. The summed E-state index contributed by atoms with van der Waals surface area (Å²) in [5.41, 5.74) is 0.878. The van der Waals surface area contributed by atoms with Crippen LogP contribution >= 0.6 is 23.1 Å². The van der Waals surface area contributed by atoms with Gasteiger partial charge in [0.15, 0.2) is 0 Å². The van der Waals surface area contributed by atoms with E-state index in [2.05, 4.69) is 5.10 Å². The molecule has 1 atom stereocenters. The molecule has 1 amide bonds. The van der Waals surface area contributed by atoms with Crippen LogP contribution in [0.25, 0.3) is 10.2 Å². The Morgan fingerprint density at radius 3 is 2.90 bits per heavy atom. The lowest BCUT2D eigenvalue weighted by Gasteiger charge is -2.19. The number of carbonyl (C=O) groups excluding carboxylic acids is 1. The number of amides is 1. The fourth-order valence-electron chi connectivity index (χ4n) is 2.30. The number of aryl methyl sites for hydroxylation is 2. The van der Waals surface area contributed by atoms with Crippen molar-refractivity contribution in [3.8, 4) is 0 Å². The number of hydrogen-bond acceptors (Lipinski definition) is 5. The van der Waals surface area contributed by atoms with E-state index in [4.69, 9.17) is 5.11 Å². The van der Waals surface area contributed by atoms with Crippen molar-refractivity contribution in [1.82, 2.24) is 14.7 Å². The lowest BCUT2D eigenvalue weighted by Crippen LogP contribution is -2.41. The van der Waals surface area contributed by atoms with Crippen LogP contribution in [0.1, 0.15) is 15.4 Å². The number of carboxylic acid groups (broad SMARTS) is 1. The Kier molecular flexibility index (Phi) is 3.21. The maximum absolute atomic E-state index is 12.5. The molecule has 0 saturated carbocycles. The van der Waals surface area contributed by atoms with Crippen molar-refractivity contribution in [2.45, 2.75) is 13.0 Å². The van der Waals surface area contributed by atoms with Crippen molar-refractivity contribution < 1.29 is 14.7 Å². The molecule has 1 fully saturated rings. The maximum atomic E-state index is 12.5. The second-order valence-electron chi connectivity index (χ2n) is 4.67. The second kappa shape index (κ2) is 4.78. The lowest BCUT2D eigenvalue weighted by molar-refractivity contribution is -0.140. The number of aromatic nitrogens is 2. The van der Waals surface area contributed by atoms with Crippen LogP contribution in [0.4, 0.5) is 0 Å². The zero-order valence-corrected chi connectivity index (χ0v) is 12.6. The molecular formula is C12H13N3O3S2. The van der Waals surface area contributed by atoms with Crippen LogP contribution in [0.2, 0.25) is 0 Å². The van der Waals surface area contributed by atoms with Crippen LogP contribution in [0.3, 0.4) is 0 Å². The van der Waals surface area contributed by atoms with Crippen LogP contribution in [-0.4, -0.2) is 49.3 Å². The Morgan fingerprint density at radius 2 is 2.25 bits per heavy atom. The van der Waals surface area contributed by atoms with Crippen molar-refractivity contribution in [2.75, 3.05) is 11.6 Å². The third-order valence-electron chi connectivity index (χ3n) is 3.34. The van der Waals surface area contributed by atoms with Gasteiger partial charge in [0.05, 0.1) is 16.4 Å². The van der Waals surface area contributed by atoms with Gasteiger partial charge in [0.1, 0.15) is 10.9 Å². The predicted molar refractivity (Wildman–Crippen MR) is 78.2 cm³/mol. The summed E-state index contributed by atoms with van der Waals surface area (Å²) in [5.74, 6) is -0.265. The van der Waals surface area contributed by atoms with Gasteiger partial charge < -0.3 is 10.0 Å². The average molecular weight is 311 g/mol. The maximum Gasteiger partial charge on any atom is 0.327 e. The Morgan fingerprint density at radius 1 is 1.50 bits per heavy atom. The van der Waals surface area contributed by atoms with Gasteiger partial charge in [0.25, 0.3) is 5.91 Å². The zero-order valence-electron chi connectivity index (χ0n) is 11.0. The van der Waals surface area contributed by atoms with E-state index in [0.29, 0.717) is 16.5 Å². The van der Waals surface area contributed by atoms with E-state index >= 15 is 0 Å². The Balaban J connectivity index is 1.96. The molecule has 3 rings (SSSR count). The predicted octanol–water partition coefficient (Wildman–Crippen LogP) is 1.54. The first-order chi connectivity index (χ1) is 9.49. The van der Waals surface area contributed by atoms with Gasteiger partial charge in [-0.15, -0.1) is 23.1 Å². The van der Waals surface area contributed by atoms with Crippen LogP contribution in [-0.2, 0) is 11.8 Å². The summed E-state index contributed by atoms with van der Waals surface area (Å²) in [6.07, 6.45) is 0. The average Bonchev–Trinajstić information content (AvgIpc) is 3.08. The fraction of sp³-hybridized carbons (Fsp3) is 0.417. The largest absolute Gasteiger partial charge is 0.480 e. The highest BCUT2D eigenvalue weighted by Gasteiger charge is 2.35. The van der Waals surface area contributed by atoms with E-state index in [1.54, 1.807) is 4.68 Å². The number of thiophene rings is 1. The molecule has 3 heterocycles. The first-order valence-corrected chi connectivity index (χ1v) is 8.01. The third-order valence-corrected chi connectivity index (χ3v) is 5.54. The smallest absolute Gasteiger partial charge is 0.327 e. The number of aliphatic carboxylic acids is 1. The van der Waals surface area contributed by atoms with Gasteiger partial charge in [-0.25, -0.2) is 4.79 Å². The molecule has 1 aliphatic rings. The SMILES string of the molecule is Cc1nn(C)c2sc(C(=O)N3CSC[C@H]3C(=O)O)cc12. The minimum atomic E-state index is -0.942. The molecule has 2 aromatic heterocycles. The molecule has 0 spiro atoms. The summed E-state index contributed by atoms with van der Waals surface area (Å²) < 4.78 is 1.75. The van der Waals surface area contributed by atoms with Crippen molar-refractivity contribution in [3.63, 3.8) is 0 Å². The first kappa shape index (κ1) is 13.4. The number of hydrogen-bond donors (Lipinski definition) is 1. The minimum absolute atomic E-state index is 0.206. The van der Waals surface area contributed by atoms with Crippen LogP contribution in [0.15, 0.2) is 6.07 Å². The van der Waals surface area contributed by atoms with Crippen LogP contribution in [0.5, 0.6) is 0 Å². The Bertz CT molecular complexity index is 672. The highest BCUT2D eigenvalue weighted by atomic mass is 32.2. The molecule has 0 unspecified atom stereocenters. The lowest BCUT2D eigenvalue weighted by atomic mass is 10.2. The number of fused-ring (bicyclic) bond motifs is 1. The van der Waals surface area contributed by atoms with Gasteiger partial charge in [0, 0.05) is 18.2 Å². The van der Waals surface area contributed by atoms with Gasteiger partial charge in [-0.05, 0) is 13.0 Å². The number of thioether (sulfide) groups is 1. The number of carboxylic acids is 1. The minimum Gasteiger partial charge on any atom is -0.480 e. The zero-order chi connectivity index (χ0) is 14.4. The van der Waals surface area contributed by atoms with Crippen molar-refractivity contribution in [2.24, 2.45) is 7.05 Å². The molecule has 1 aliphatic heterocycles. The van der Waals surface area contributed by atoms with E-state index in [-0.39, 0.29) is 5.91 Å². The standard InChI is InChI=1S/C12H13N3O3S2/c1-6-7-3-9(20-11(7)14(2)13-6)10(16)15-5-19-4-8(15)12(17)18/h3,8H,4-5H2,1-2H3,(H,17,18)/t8-/m0/s1. The number of rotatable bonds is 2. The van der Waals surface area contributed by atoms with Gasteiger partial charge in [-0.1, -0.05) is 0 Å². The van der Waals surface area contributed by atoms with E-state index in [1.807, 2.05) is 20.0 Å². The van der Waals surface area contributed by atoms with Gasteiger partial charge in [-0.2, -0.15) is 5.10 Å². The summed E-state index contributed by atoms with van der Waals surface area (Å²) in [6, 6.07) is 1.09. The van der Waals surface area contributed by atoms with E-state index in [0.717, 1.165) is 15.9 Å². The van der Waals surface area contributed by atoms with E-state index < -0.39 is 12.0 Å². The molecule has 1 N–H and O–H groups in total. The van der Waals surface area contributed by atoms with Gasteiger partial charge >= 0.3 is 5.97 Å². The summed E-state index contributed by atoms with van der Waals surface area (Å²) in [4.78, 5) is 26.6. The highest BCUT2D eigenvalue weighted by molar-refractivity contribution is 7.99. The van der Waals surface area contributed by atoms with E-state index in [9.17, 15) is 9.59 Å². The normalized spacial score (nSPS) is 18.9. The third kappa shape index (κ3) is 1.99. The van der Waals surface area contributed by atoms with Crippen molar-refractivity contribution in [1.29, 1.82) is 0 Å².